The molecule has 0 bridgehead atoms. The molecule has 0 aliphatic heterocycles. The van der Waals surface area contributed by atoms with Gasteiger partial charge < -0.3 is 10.3 Å². The summed E-state index contributed by atoms with van der Waals surface area (Å²) in [6.07, 6.45) is 3.97. The van der Waals surface area contributed by atoms with E-state index in [-0.39, 0.29) is 5.91 Å². The van der Waals surface area contributed by atoms with Crippen LogP contribution in [-0.4, -0.2) is 10.9 Å². The predicted octanol–water partition coefficient (Wildman–Crippen LogP) is 3.16. The summed E-state index contributed by atoms with van der Waals surface area (Å²) in [5.74, 6) is -0.0463. The van der Waals surface area contributed by atoms with Gasteiger partial charge in [-0.05, 0) is 36.2 Å². The van der Waals surface area contributed by atoms with Gasteiger partial charge in [-0.1, -0.05) is 17.7 Å². The molecule has 2 rings (SSSR count). The van der Waals surface area contributed by atoms with Crippen molar-refractivity contribution in [2.45, 2.75) is 13.3 Å². The number of rotatable bonds is 3. The molecule has 2 aromatic rings. The third-order valence-corrected chi connectivity index (χ3v) is 2.74. The van der Waals surface area contributed by atoms with Crippen molar-refractivity contribution in [1.29, 1.82) is 0 Å². The lowest BCUT2D eigenvalue weighted by Gasteiger charge is -2.08. The standard InChI is InChI=1S/C13H13ClN2O/c1-9-2-3-11(14)7-12(9)16-13(17)6-10-4-5-15-8-10/h2-5,7-8,15H,6H2,1H3,(H,16,17). The number of aryl methyl sites for hydroxylation is 1. The lowest BCUT2D eigenvalue weighted by atomic mass is 10.2. The minimum Gasteiger partial charge on any atom is -0.367 e. The van der Waals surface area contributed by atoms with Crippen LogP contribution in [0.4, 0.5) is 5.69 Å². The number of anilines is 1. The molecule has 1 aromatic carbocycles. The summed E-state index contributed by atoms with van der Waals surface area (Å²) in [7, 11) is 0. The number of hydrogen-bond acceptors (Lipinski definition) is 1. The van der Waals surface area contributed by atoms with Crippen LogP contribution in [0.15, 0.2) is 36.7 Å². The maximum Gasteiger partial charge on any atom is 0.228 e. The van der Waals surface area contributed by atoms with Gasteiger partial charge in [-0.3, -0.25) is 4.79 Å². The van der Waals surface area contributed by atoms with Crippen molar-refractivity contribution < 1.29 is 4.79 Å². The lowest BCUT2D eigenvalue weighted by Crippen LogP contribution is -2.14. The average molecular weight is 249 g/mol. The van der Waals surface area contributed by atoms with Crippen LogP contribution in [0.3, 0.4) is 0 Å². The monoisotopic (exact) mass is 248 g/mol. The number of aromatic amines is 1. The first-order valence-corrected chi connectivity index (χ1v) is 5.70. The molecule has 0 aliphatic rings. The van der Waals surface area contributed by atoms with E-state index in [2.05, 4.69) is 10.3 Å². The van der Waals surface area contributed by atoms with Crippen molar-refractivity contribution >= 4 is 23.2 Å². The van der Waals surface area contributed by atoms with E-state index < -0.39 is 0 Å². The van der Waals surface area contributed by atoms with Crippen LogP contribution in [0.5, 0.6) is 0 Å². The number of H-pyrrole nitrogens is 1. The Bertz CT molecular complexity index is 520. The molecule has 17 heavy (non-hydrogen) atoms. The Morgan fingerprint density at radius 2 is 2.24 bits per heavy atom. The number of aromatic nitrogens is 1. The Morgan fingerprint density at radius 3 is 2.94 bits per heavy atom. The second-order valence-electron chi connectivity index (χ2n) is 3.90. The quantitative estimate of drug-likeness (QED) is 0.861. The van der Waals surface area contributed by atoms with Gasteiger partial charge in [-0.2, -0.15) is 0 Å². The van der Waals surface area contributed by atoms with Gasteiger partial charge in [0.1, 0.15) is 0 Å². The van der Waals surface area contributed by atoms with E-state index in [4.69, 9.17) is 11.6 Å². The van der Waals surface area contributed by atoms with Crippen molar-refractivity contribution in [2.24, 2.45) is 0 Å². The Kier molecular flexibility index (Phi) is 3.49. The van der Waals surface area contributed by atoms with Crippen LogP contribution in [0.2, 0.25) is 5.02 Å². The summed E-state index contributed by atoms with van der Waals surface area (Å²) >= 11 is 5.89. The van der Waals surface area contributed by atoms with Gasteiger partial charge in [-0.15, -0.1) is 0 Å². The molecule has 0 aliphatic carbocycles. The molecule has 0 atom stereocenters. The fourth-order valence-electron chi connectivity index (χ4n) is 1.58. The van der Waals surface area contributed by atoms with Crippen molar-refractivity contribution in [2.75, 3.05) is 5.32 Å². The van der Waals surface area contributed by atoms with E-state index in [0.717, 1.165) is 16.8 Å². The molecule has 0 saturated carbocycles. The SMILES string of the molecule is Cc1ccc(Cl)cc1NC(=O)Cc1cc[nH]c1. The lowest BCUT2D eigenvalue weighted by molar-refractivity contribution is -0.115. The number of carbonyl (C=O) groups excluding carboxylic acids is 1. The first-order valence-electron chi connectivity index (χ1n) is 5.33. The number of amides is 1. The van der Waals surface area contributed by atoms with Crippen LogP contribution in [0, 0.1) is 6.92 Å². The average Bonchev–Trinajstić information content (AvgIpc) is 2.76. The van der Waals surface area contributed by atoms with Crippen molar-refractivity contribution in [3.63, 3.8) is 0 Å². The molecule has 0 spiro atoms. The molecular weight excluding hydrogens is 236 g/mol. The Labute approximate surface area is 105 Å². The number of nitrogens with one attached hydrogen (secondary N) is 2. The topological polar surface area (TPSA) is 44.9 Å². The zero-order chi connectivity index (χ0) is 12.3. The largest absolute Gasteiger partial charge is 0.367 e. The molecule has 88 valence electrons. The molecule has 3 nitrogen and oxygen atoms in total. The van der Waals surface area contributed by atoms with Crippen LogP contribution in [0.25, 0.3) is 0 Å². The molecule has 1 aromatic heterocycles. The molecular formula is C13H13ClN2O. The summed E-state index contributed by atoms with van der Waals surface area (Å²) in [6.45, 7) is 1.93. The number of carbonyl (C=O) groups is 1. The molecule has 0 saturated heterocycles. The van der Waals surface area contributed by atoms with Gasteiger partial charge in [0, 0.05) is 23.1 Å². The molecule has 0 unspecified atom stereocenters. The molecule has 0 fully saturated rings. The maximum atomic E-state index is 11.8. The smallest absolute Gasteiger partial charge is 0.228 e. The zero-order valence-electron chi connectivity index (χ0n) is 9.46. The first-order chi connectivity index (χ1) is 8.15. The van der Waals surface area contributed by atoms with Gasteiger partial charge in [0.2, 0.25) is 5.91 Å². The minimum atomic E-state index is -0.0463. The molecule has 1 amide bonds. The van der Waals surface area contributed by atoms with Crippen molar-refractivity contribution in [3.05, 3.63) is 52.8 Å². The van der Waals surface area contributed by atoms with Crippen LogP contribution in [-0.2, 0) is 11.2 Å². The number of hydrogen-bond donors (Lipinski definition) is 2. The van der Waals surface area contributed by atoms with Gasteiger partial charge in [0.25, 0.3) is 0 Å². The van der Waals surface area contributed by atoms with Gasteiger partial charge >= 0.3 is 0 Å². The van der Waals surface area contributed by atoms with Gasteiger partial charge in [0.15, 0.2) is 0 Å². The molecule has 1 heterocycles. The summed E-state index contributed by atoms with van der Waals surface area (Å²) in [5.41, 5.74) is 2.72. The minimum absolute atomic E-state index is 0.0463. The molecule has 0 radical (unpaired) electrons. The molecule has 4 heteroatoms. The normalized spacial score (nSPS) is 10.2. The second-order valence-corrected chi connectivity index (χ2v) is 4.34. The van der Waals surface area contributed by atoms with E-state index in [1.165, 1.54) is 0 Å². The third-order valence-electron chi connectivity index (χ3n) is 2.50. The summed E-state index contributed by atoms with van der Waals surface area (Å²) in [4.78, 5) is 14.7. The fraction of sp³-hybridized carbons (Fsp3) is 0.154. The van der Waals surface area contributed by atoms with Crippen LogP contribution in [0.1, 0.15) is 11.1 Å². The van der Waals surface area contributed by atoms with E-state index >= 15 is 0 Å². The highest BCUT2D eigenvalue weighted by molar-refractivity contribution is 6.31. The number of halogens is 1. The Morgan fingerprint density at radius 1 is 1.41 bits per heavy atom. The highest BCUT2D eigenvalue weighted by Crippen LogP contribution is 2.20. The Balaban J connectivity index is 2.05. The maximum absolute atomic E-state index is 11.8. The van der Waals surface area contributed by atoms with Gasteiger partial charge in [0.05, 0.1) is 6.42 Å². The molecule has 2 N–H and O–H groups in total. The number of benzene rings is 1. The van der Waals surface area contributed by atoms with E-state index in [9.17, 15) is 4.79 Å². The highest BCUT2D eigenvalue weighted by atomic mass is 35.5. The Hall–Kier alpha value is -1.74. The zero-order valence-corrected chi connectivity index (χ0v) is 10.2. The van der Waals surface area contributed by atoms with Gasteiger partial charge in [-0.25, -0.2) is 0 Å². The van der Waals surface area contributed by atoms with Crippen LogP contribution < -0.4 is 5.32 Å². The summed E-state index contributed by atoms with van der Waals surface area (Å²) in [5, 5.41) is 3.47. The second kappa shape index (κ2) is 5.06. The first kappa shape index (κ1) is 11.7. The summed E-state index contributed by atoms with van der Waals surface area (Å²) < 4.78 is 0. The van der Waals surface area contributed by atoms with Crippen molar-refractivity contribution in [3.8, 4) is 0 Å². The van der Waals surface area contributed by atoms with E-state index in [1.54, 1.807) is 18.3 Å². The van der Waals surface area contributed by atoms with Crippen molar-refractivity contribution in [1.82, 2.24) is 4.98 Å². The van der Waals surface area contributed by atoms with E-state index in [0.29, 0.717) is 11.4 Å². The third kappa shape index (κ3) is 3.11. The summed E-state index contributed by atoms with van der Waals surface area (Å²) in [6, 6.07) is 7.32. The predicted molar refractivity (Wildman–Crippen MR) is 69.3 cm³/mol. The van der Waals surface area contributed by atoms with Crippen LogP contribution >= 0.6 is 11.6 Å². The fourth-order valence-corrected chi connectivity index (χ4v) is 1.75. The van der Waals surface area contributed by atoms with E-state index in [1.807, 2.05) is 25.3 Å². The highest BCUT2D eigenvalue weighted by Gasteiger charge is 2.06.